The zero-order valence-electron chi connectivity index (χ0n) is 15.3. The second-order valence-corrected chi connectivity index (χ2v) is 6.73. The highest BCUT2D eigenvalue weighted by Gasteiger charge is 2.34. The Labute approximate surface area is 158 Å². The van der Waals surface area contributed by atoms with Gasteiger partial charge in [-0.25, -0.2) is 0 Å². The van der Waals surface area contributed by atoms with Crippen LogP contribution in [0.3, 0.4) is 0 Å². The minimum Gasteiger partial charge on any atom is -0.342 e. The fourth-order valence-corrected chi connectivity index (χ4v) is 3.19. The number of carbonyl (C=O) groups excluding carboxylic acids is 3. The molecule has 6 nitrogen and oxygen atoms in total. The lowest BCUT2D eigenvalue weighted by Gasteiger charge is -2.16. The van der Waals surface area contributed by atoms with Crippen molar-refractivity contribution in [2.24, 2.45) is 5.92 Å². The molecule has 1 saturated heterocycles. The number of nitrogens with one attached hydrogen (secondary N) is 2. The van der Waals surface area contributed by atoms with Crippen LogP contribution in [0.5, 0.6) is 0 Å². The number of benzene rings is 2. The van der Waals surface area contributed by atoms with Crippen LogP contribution >= 0.6 is 0 Å². The van der Waals surface area contributed by atoms with E-state index in [-0.39, 0.29) is 30.1 Å². The van der Waals surface area contributed by atoms with Gasteiger partial charge < -0.3 is 15.5 Å². The maximum absolute atomic E-state index is 12.5. The zero-order valence-corrected chi connectivity index (χ0v) is 15.3. The van der Waals surface area contributed by atoms with Crippen molar-refractivity contribution in [3.63, 3.8) is 0 Å². The SMILES string of the molecule is CC(=O)Nc1cccc(NC(=O)[C@@H]2CC(=O)N(CCc3ccccc3)C2)c1. The summed E-state index contributed by atoms with van der Waals surface area (Å²) >= 11 is 0. The van der Waals surface area contributed by atoms with E-state index in [1.54, 1.807) is 29.2 Å². The van der Waals surface area contributed by atoms with Crippen molar-refractivity contribution < 1.29 is 14.4 Å². The molecule has 3 amide bonds. The summed E-state index contributed by atoms with van der Waals surface area (Å²) in [6.45, 7) is 2.48. The van der Waals surface area contributed by atoms with E-state index in [2.05, 4.69) is 10.6 Å². The van der Waals surface area contributed by atoms with Crippen LogP contribution in [0.1, 0.15) is 18.9 Å². The van der Waals surface area contributed by atoms with Gasteiger partial charge >= 0.3 is 0 Å². The van der Waals surface area contributed by atoms with Crippen molar-refractivity contribution in [2.45, 2.75) is 19.8 Å². The second kappa shape index (κ2) is 8.49. The average Bonchev–Trinajstić information content (AvgIpc) is 3.01. The molecule has 0 bridgehead atoms. The number of hydrogen-bond donors (Lipinski definition) is 2. The quantitative estimate of drug-likeness (QED) is 0.826. The van der Waals surface area contributed by atoms with Gasteiger partial charge in [-0.2, -0.15) is 0 Å². The first kappa shape index (κ1) is 18.6. The summed E-state index contributed by atoms with van der Waals surface area (Å²) in [7, 11) is 0. The van der Waals surface area contributed by atoms with Crippen LogP contribution in [0.2, 0.25) is 0 Å². The molecule has 6 heteroatoms. The molecule has 0 aromatic heterocycles. The Bertz CT molecular complexity index is 836. The maximum Gasteiger partial charge on any atom is 0.229 e. The van der Waals surface area contributed by atoms with Crippen molar-refractivity contribution in [1.82, 2.24) is 4.90 Å². The largest absolute Gasteiger partial charge is 0.342 e. The Morgan fingerprint density at radius 3 is 2.44 bits per heavy atom. The first-order valence-electron chi connectivity index (χ1n) is 9.01. The molecule has 1 heterocycles. The Morgan fingerprint density at radius 2 is 1.74 bits per heavy atom. The number of hydrogen-bond acceptors (Lipinski definition) is 3. The zero-order chi connectivity index (χ0) is 19.2. The second-order valence-electron chi connectivity index (χ2n) is 6.73. The maximum atomic E-state index is 12.5. The molecule has 1 aliphatic heterocycles. The van der Waals surface area contributed by atoms with Crippen LogP contribution in [-0.4, -0.2) is 35.7 Å². The highest BCUT2D eigenvalue weighted by molar-refractivity contribution is 5.98. The van der Waals surface area contributed by atoms with Gasteiger partial charge in [-0.3, -0.25) is 14.4 Å². The minimum absolute atomic E-state index is 0.0121. The lowest BCUT2D eigenvalue weighted by Crippen LogP contribution is -2.30. The summed E-state index contributed by atoms with van der Waals surface area (Å²) in [5.74, 6) is -0.699. The first-order valence-corrected chi connectivity index (χ1v) is 9.01. The van der Waals surface area contributed by atoms with E-state index < -0.39 is 0 Å². The summed E-state index contributed by atoms with van der Waals surface area (Å²) in [5.41, 5.74) is 2.39. The van der Waals surface area contributed by atoms with Crippen molar-refractivity contribution in [2.75, 3.05) is 23.7 Å². The lowest BCUT2D eigenvalue weighted by atomic mass is 10.1. The van der Waals surface area contributed by atoms with E-state index in [1.165, 1.54) is 12.5 Å². The first-order chi connectivity index (χ1) is 13.0. The van der Waals surface area contributed by atoms with Crippen molar-refractivity contribution in [3.05, 3.63) is 60.2 Å². The third-order valence-electron chi connectivity index (χ3n) is 4.55. The van der Waals surface area contributed by atoms with Crippen molar-refractivity contribution >= 4 is 29.1 Å². The van der Waals surface area contributed by atoms with E-state index in [1.807, 2.05) is 30.3 Å². The van der Waals surface area contributed by atoms with E-state index >= 15 is 0 Å². The molecule has 0 aliphatic carbocycles. The van der Waals surface area contributed by atoms with Crippen molar-refractivity contribution in [1.29, 1.82) is 0 Å². The number of nitrogens with zero attached hydrogens (tertiary/aromatic N) is 1. The topological polar surface area (TPSA) is 78.5 Å². The van der Waals surface area contributed by atoms with Crippen LogP contribution in [0, 0.1) is 5.92 Å². The number of likely N-dealkylation sites (tertiary alicyclic amines) is 1. The summed E-state index contributed by atoms with van der Waals surface area (Å²) in [5, 5.41) is 5.53. The summed E-state index contributed by atoms with van der Waals surface area (Å²) in [6.07, 6.45) is 1.01. The predicted octanol–water partition coefficient (Wildman–Crippen LogP) is 2.67. The molecule has 0 saturated carbocycles. The molecule has 1 fully saturated rings. The molecule has 0 radical (unpaired) electrons. The molecule has 0 spiro atoms. The van der Waals surface area contributed by atoms with Crippen molar-refractivity contribution in [3.8, 4) is 0 Å². The number of rotatable bonds is 6. The van der Waals surface area contributed by atoms with Gasteiger partial charge in [0.15, 0.2) is 0 Å². The fraction of sp³-hybridized carbons (Fsp3) is 0.286. The van der Waals surface area contributed by atoms with Gasteiger partial charge in [-0.05, 0) is 30.2 Å². The molecule has 0 unspecified atom stereocenters. The van der Waals surface area contributed by atoms with Gasteiger partial charge in [0, 0.05) is 37.8 Å². The molecule has 1 aliphatic rings. The highest BCUT2D eigenvalue weighted by Crippen LogP contribution is 2.21. The van der Waals surface area contributed by atoms with E-state index in [4.69, 9.17) is 0 Å². The minimum atomic E-state index is -0.363. The van der Waals surface area contributed by atoms with E-state index in [9.17, 15) is 14.4 Å². The Morgan fingerprint density at radius 1 is 1.04 bits per heavy atom. The van der Waals surface area contributed by atoms with Gasteiger partial charge in [-0.1, -0.05) is 36.4 Å². The number of carbonyl (C=O) groups is 3. The molecular weight excluding hydrogens is 342 g/mol. The molecule has 2 aromatic rings. The van der Waals surface area contributed by atoms with E-state index in [0.29, 0.717) is 24.5 Å². The molecular formula is C21H23N3O3. The molecule has 140 valence electrons. The molecule has 27 heavy (non-hydrogen) atoms. The monoisotopic (exact) mass is 365 g/mol. The normalized spacial score (nSPS) is 16.3. The molecule has 2 N–H and O–H groups in total. The van der Waals surface area contributed by atoms with Gasteiger partial charge in [0.05, 0.1) is 5.92 Å². The van der Waals surface area contributed by atoms with Crippen LogP contribution in [0.15, 0.2) is 54.6 Å². The van der Waals surface area contributed by atoms with Gasteiger partial charge in [0.25, 0.3) is 0 Å². The van der Waals surface area contributed by atoms with Crippen LogP contribution in [-0.2, 0) is 20.8 Å². The van der Waals surface area contributed by atoms with Gasteiger partial charge in [0.2, 0.25) is 17.7 Å². The summed E-state index contributed by atoms with van der Waals surface area (Å²) in [6, 6.07) is 17.0. The smallest absolute Gasteiger partial charge is 0.229 e. The average molecular weight is 365 g/mol. The lowest BCUT2D eigenvalue weighted by molar-refractivity contribution is -0.128. The highest BCUT2D eigenvalue weighted by atomic mass is 16.2. The predicted molar refractivity (Wildman–Crippen MR) is 104 cm³/mol. The van der Waals surface area contributed by atoms with Gasteiger partial charge in [0.1, 0.15) is 0 Å². The molecule has 1 atom stereocenters. The van der Waals surface area contributed by atoms with Gasteiger partial charge in [-0.15, -0.1) is 0 Å². The summed E-state index contributed by atoms with van der Waals surface area (Å²) in [4.78, 5) is 37.7. The molecule has 3 rings (SSSR count). The fourth-order valence-electron chi connectivity index (χ4n) is 3.19. The number of amides is 3. The Hall–Kier alpha value is -3.15. The van der Waals surface area contributed by atoms with Crippen LogP contribution < -0.4 is 10.6 Å². The Kier molecular flexibility index (Phi) is 5.86. The standard InChI is InChI=1S/C21H23N3O3/c1-15(25)22-18-8-5-9-19(13-18)23-21(27)17-12-20(26)24(14-17)11-10-16-6-3-2-4-7-16/h2-9,13,17H,10-12,14H2,1H3,(H,22,25)(H,23,27)/t17-/m1/s1. The van der Waals surface area contributed by atoms with Crippen LogP contribution in [0.25, 0.3) is 0 Å². The van der Waals surface area contributed by atoms with E-state index in [0.717, 1.165) is 6.42 Å². The third-order valence-corrected chi connectivity index (χ3v) is 4.55. The van der Waals surface area contributed by atoms with Crippen LogP contribution in [0.4, 0.5) is 11.4 Å². The third kappa shape index (κ3) is 5.17. The molecule has 2 aromatic carbocycles. The summed E-state index contributed by atoms with van der Waals surface area (Å²) < 4.78 is 0. The Balaban J connectivity index is 1.55. The number of anilines is 2.